The zero-order valence-electron chi connectivity index (χ0n) is 11.2. The smallest absolute Gasteiger partial charge is 0.170 e. The highest BCUT2D eigenvalue weighted by Crippen LogP contribution is 2.21. The lowest BCUT2D eigenvalue weighted by molar-refractivity contribution is 0.317. The van der Waals surface area contributed by atoms with Crippen molar-refractivity contribution in [2.75, 3.05) is 20.7 Å². The Hall–Kier alpha value is -1.75. The highest BCUT2D eigenvalue weighted by atomic mass is 16.5. The predicted molar refractivity (Wildman–Crippen MR) is 72.1 cm³/mol. The molecular formula is C13H21N3O2. The molecule has 0 spiro atoms. The first-order valence-corrected chi connectivity index (χ1v) is 5.95. The fraction of sp³-hybridized carbons (Fsp3) is 0.462. The number of nitrogens with two attached hydrogens (primary N) is 1. The van der Waals surface area contributed by atoms with E-state index < -0.39 is 0 Å². The van der Waals surface area contributed by atoms with Crippen molar-refractivity contribution in [1.82, 2.24) is 4.90 Å². The molecular weight excluding hydrogens is 230 g/mol. The van der Waals surface area contributed by atoms with Gasteiger partial charge in [0.1, 0.15) is 5.75 Å². The molecule has 0 aliphatic carbocycles. The van der Waals surface area contributed by atoms with Gasteiger partial charge in [0.15, 0.2) is 5.84 Å². The molecule has 0 aromatic heterocycles. The number of methoxy groups -OCH3 is 1. The molecule has 0 amide bonds. The van der Waals surface area contributed by atoms with Gasteiger partial charge in [-0.2, -0.15) is 0 Å². The number of hydrogen-bond acceptors (Lipinski definition) is 4. The Morgan fingerprint density at radius 2 is 2.22 bits per heavy atom. The van der Waals surface area contributed by atoms with Gasteiger partial charge in [-0.15, -0.1) is 0 Å². The summed E-state index contributed by atoms with van der Waals surface area (Å²) < 4.78 is 5.32. The number of amidine groups is 1. The Bertz CT molecular complexity index is 419. The van der Waals surface area contributed by atoms with E-state index in [-0.39, 0.29) is 5.84 Å². The molecule has 1 aromatic carbocycles. The van der Waals surface area contributed by atoms with Gasteiger partial charge in [0.05, 0.1) is 7.11 Å². The lowest BCUT2D eigenvalue weighted by Gasteiger charge is -2.18. The average Bonchev–Trinajstić information content (AvgIpc) is 2.38. The van der Waals surface area contributed by atoms with Gasteiger partial charge >= 0.3 is 0 Å². The van der Waals surface area contributed by atoms with Crippen molar-refractivity contribution in [3.05, 3.63) is 29.3 Å². The van der Waals surface area contributed by atoms with Gasteiger partial charge in [0.25, 0.3) is 0 Å². The summed E-state index contributed by atoms with van der Waals surface area (Å²) in [6.45, 7) is 3.92. The molecule has 18 heavy (non-hydrogen) atoms. The number of rotatable bonds is 6. The number of oxime groups is 1. The maximum atomic E-state index is 8.69. The molecule has 0 aliphatic heterocycles. The van der Waals surface area contributed by atoms with E-state index in [0.717, 1.165) is 30.8 Å². The molecule has 0 bridgehead atoms. The number of benzene rings is 1. The molecule has 100 valence electrons. The van der Waals surface area contributed by atoms with E-state index in [1.54, 1.807) is 13.2 Å². The summed E-state index contributed by atoms with van der Waals surface area (Å²) >= 11 is 0. The van der Waals surface area contributed by atoms with Crippen LogP contribution in [0.2, 0.25) is 0 Å². The SMILES string of the molecule is CCCN(C)Cc1cc(/C(N)=N/O)ccc1OC. The Balaban J connectivity index is 2.99. The summed E-state index contributed by atoms with van der Waals surface area (Å²) in [5.41, 5.74) is 7.31. The van der Waals surface area contributed by atoms with Crippen LogP contribution in [0.25, 0.3) is 0 Å². The molecule has 5 heteroatoms. The number of hydrogen-bond donors (Lipinski definition) is 2. The maximum Gasteiger partial charge on any atom is 0.170 e. The molecule has 0 unspecified atom stereocenters. The van der Waals surface area contributed by atoms with Crippen LogP contribution in [0.4, 0.5) is 0 Å². The van der Waals surface area contributed by atoms with Gasteiger partial charge in [0.2, 0.25) is 0 Å². The fourth-order valence-electron chi connectivity index (χ4n) is 1.87. The van der Waals surface area contributed by atoms with E-state index in [4.69, 9.17) is 15.7 Å². The van der Waals surface area contributed by atoms with Gasteiger partial charge in [-0.3, -0.25) is 0 Å². The Kier molecular flexibility index (Phi) is 5.45. The number of ether oxygens (including phenoxy) is 1. The second-order valence-corrected chi connectivity index (χ2v) is 4.25. The Morgan fingerprint density at radius 1 is 1.50 bits per heavy atom. The molecule has 1 rings (SSSR count). The molecule has 0 heterocycles. The zero-order valence-corrected chi connectivity index (χ0v) is 11.2. The monoisotopic (exact) mass is 251 g/mol. The summed E-state index contributed by atoms with van der Waals surface area (Å²) in [5.74, 6) is 0.921. The molecule has 0 saturated carbocycles. The summed E-state index contributed by atoms with van der Waals surface area (Å²) in [4.78, 5) is 2.20. The predicted octanol–water partition coefficient (Wildman–Crippen LogP) is 1.63. The van der Waals surface area contributed by atoms with Crippen LogP contribution in [-0.4, -0.2) is 36.6 Å². The van der Waals surface area contributed by atoms with Crippen molar-refractivity contribution in [2.24, 2.45) is 10.9 Å². The summed E-state index contributed by atoms with van der Waals surface area (Å²) in [5, 5.41) is 11.7. The molecule has 0 radical (unpaired) electrons. The highest BCUT2D eigenvalue weighted by molar-refractivity contribution is 5.97. The van der Waals surface area contributed by atoms with Crippen LogP contribution in [-0.2, 0) is 6.54 Å². The lowest BCUT2D eigenvalue weighted by atomic mass is 10.1. The minimum absolute atomic E-state index is 0.108. The first kappa shape index (κ1) is 14.3. The molecule has 0 atom stereocenters. The molecule has 0 saturated heterocycles. The van der Waals surface area contributed by atoms with Crippen LogP contribution in [0.1, 0.15) is 24.5 Å². The van der Waals surface area contributed by atoms with Crippen molar-refractivity contribution in [2.45, 2.75) is 19.9 Å². The van der Waals surface area contributed by atoms with Crippen LogP contribution < -0.4 is 10.5 Å². The second kappa shape index (κ2) is 6.86. The third-order valence-corrected chi connectivity index (χ3v) is 2.73. The van der Waals surface area contributed by atoms with Crippen LogP contribution in [0, 0.1) is 0 Å². The fourth-order valence-corrected chi connectivity index (χ4v) is 1.87. The van der Waals surface area contributed by atoms with Crippen LogP contribution in [0.15, 0.2) is 23.4 Å². The van der Waals surface area contributed by atoms with Gasteiger partial charge in [-0.25, -0.2) is 0 Å². The second-order valence-electron chi connectivity index (χ2n) is 4.25. The Labute approximate surface area is 108 Å². The van der Waals surface area contributed by atoms with Gasteiger partial charge in [-0.05, 0) is 38.2 Å². The van der Waals surface area contributed by atoms with Crippen LogP contribution in [0.3, 0.4) is 0 Å². The van der Waals surface area contributed by atoms with E-state index in [2.05, 4.69) is 24.0 Å². The van der Waals surface area contributed by atoms with E-state index in [0.29, 0.717) is 5.56 Å². The third-order valence-electron chi connectivity index (χ3n) is 2.73. The number of nitrogens with zero attached hydrogens (tertiary/aromatic N) is 2. The zero-order chi connectivity index (χ0) is 13.5. The van der Waals surface area contributed by atoms with Gasteiger partial charge in [0, 0.05) is 17.7 Å². The standard InChI is InChI=1S/C13H21N3O2/c1-4-7-16(2)9-11-8-10(13(14)15-17)5-6-12(11)18-3/h5-6,8,17H,4,7,9H2,1-3H3,(H2,14,15). The normalized spacial score (nSPS) is 11.9. The summed E-state index contributed by atoms with van der Waals surface area (Å²) in [6, 6.07) is 5.50. The maximum absolute atomic E-state index is 8.69. The van der Waals surface area contributed by atoms with Crippen molar-refractivity contribution < 1.29 is 9.94 Å². The van der Waals surface area contributed by atoms with Crippen molar-refractivity contribution in [3.8, 4) is 5.75 Å². The first-order chi connectivity index (χ1) is 8.62. The molecule has 3 N–H and O–H groups in total. The minimum Gasteiger partial charge on any atom is -0.496 e. The summed E-state index contributed by atoms with van der Waals surface area (Å²) in [6.07, 6.45) is 1.10. The largest absolute Gasteiger partial charge is 0.496 e. The van der Waals surface area contributed by atoms with Crippen LogP contribution >= 0.6 is 0 Å². The molecule has 0 fully saturated rings. The highest BCUT2D eigenvalue weighted by Gasteiger charge is 2.09. The van der Waals surface area contributed by atoms with E-state index in [9.17, 15) is 0 Å². The van der Waals surface area contributed by atoms with Crippen LogP contribution in [0.5, 0.6) is 5.75 Å². The van der Waals surface area contributed by atoms with Crippen molar-refractivity contribution in [1.29, 1.82) is 0 Å². The third kappa shape index (κ3) is 3.63. The van der Waals surface area contributed by atoms with E-state index in [1.807, 2.05) is 12.1 Å². The van der Waals surface area contributed by atoms with E-state index >= 15 is 0 Å². The summed E-state index contributed by atoms with van der Waals surface area (Å²) in [7, 11) is 3.70. The quantitative estimate of drug-likeness (QED) is 0.349. The molecule has 0 aliphatic rings. The van der Waals surface area contributed by atoms with E-state index in [1.165, 1.54) is 0 Å². The van der Waals surface area contributed by atoms with Gasteiger partial charge in [-0.1, -0.05) is 12.1 Å². The Morgan fingerprint density at radius 3 is 2.78 bits per heavy atom. The topological polar surface area (TPSA) is 71.1 Å². The minimum atomic E-state index is 0.108. The van der Waals surface area contributed by atoms with Crippen molar-refractivity contribution in [3.63, 3.8) is 0 Å². The molecule has 5 nitrogen and oxygen atoms in total. The van der Waals surface area contributed by atoms with Crippen molar-refractivity contribution >= 4 is 5.84 Å². The first-order valence-electron chi connectivity index (χ1n) is 5.95. The lowest BCUT2D eigenvalue weighted by Crippen LogP contribution is -2.20. The van der Waals surface area contributed by atoms with Gasteiger partial charge < -0.3 is 20.6 Å². The average molecular weight is 251 g/mol. The molecule has 1 aromatic rings.